The number of halogens is 4. The number of hydrogen-bond donors (Lipinski definition) is 0. The van der Waals surface area contributed by atoms with Crippen LogP contribution in [-0.2, 0) is 9.31 Å². The molecule has 0 spiro atoms. The highest BCUT2D eigenvalue weighted by Crippen LogP contribution is 2.59. The van der Waals surface area contributed by atoms with Crippen LogP contribution in [0.5, 0.6) is 0 Å². The first-order valence-electron chi connectivity index (χ1n) is 7.59. The third-order valence-corrected chi connectivity index (χ3v) is 5.26. The number of alkyl halides is 4. The molecule has 1 aliphatic carbocycles. The van der Waals surface area contributed by atoms with Crippen molar-refractivity contribution in [2.24, 2.45) is 0 Å². The van der Waals surface area contributed by atoms with Crippen LogP contribution in [0.1, 0.15) is 45.6 Å². The summed E-state index contributed by atoms with van der Waals surface area (Å²) in [5, 5.41) is 0. The van der Waals surface area contributed by atoms with Crippen LogP contribution in [0.3, 0.4) is 0 Å². The second-order valence-corrected chi connectivity index (χ2v) is 7.30. The van der Waals surface area contributed by atoms with E-state index in [9.17, 15) is 17.6 Å². The Bertz CT molecular complexity index is 614. The molecule has 126 valence electrons. The van der Waals surface area contributed by atoms with Gasteiger partial charge >= 0.3 is 19.0 Å². The maximum absolute atomic E-state index is 13.8. The summed E-state index contributed by atoms with van der Waals surface area (Å²) in [5.74, 6) is -9.53. The summed E-state index contributed by atoms with van der Waals surface area (Å²) >= 11 is 0. The van der Waals surface area contributed by atoms with Crippen LogP contribution in [0.25, 0.3) is 0 Å². The lowest BCUT2D eigenvalue weighted by atomic mass is 9.65. The van der Waals surface area contributed by atoms with Gasteiger partial charge in [-0.1, -0.05) is 24.3 Å². The number of rotatable bonds is 2. The molecule has 2 nitrogen and oxygen atoms in total. The monoisotopic (exact) mass is 330 g/mol. The van der Waals surface area contributed by atoms with Crippen molar-refractivity contribution in [2.45, 2.75) is 63.1 Å². The van der Waals surface area contributed by atoms with Gasteiger partial charge in [-0.3, -0.25) is 0 Å². The summed E-state index contributed by atoms with van der Waals surface area (Å²) in [4.78, 5) is 0. The predicted molar refractivity (Wildman–Crippen MR) is 79.4 cm³/mol. The Balaban J connectivity index is 1.95. The summed E-state index contributed by atoms with van der Waals surface area (Å²) in [6, 6.07) is 6.29. The third kappa shape index (κ3) is 2.31. The first kappa shape index (κ1) is 16.8. The van der Waals surface area contributed by atoms with Crippen molar-refractivity contribution in [3.8, 4) is 0 Å². The molecular weight excluding hydrogens is 311 g/mol. The molecule has 1 saturated heterocycles. The molecule has 1 unspecified atom stereocenters. The molecule has 1 saturated carbocycles. The molecule has 1 aromatic rings. The van der Waals surface area contributed by atoms with Gasteiger partial charge in [-0.05, 0) is 38.7 Å². The minimum Gasteiger partial charge on any atom is -0.399 e. The SMILES string of the molecule is CC1(C)OB(c2ccccc2C2CC(F)(F)C2(F)F)OC1(C)C. The molecule has 1 aromatic carbocycles. The van der Waals surface area contributed by atoms with E-state index in [4.69, 9.17) is 9.31 Å². The first-order valence-corrected chi connectivity index (χ1v) is 7.59. The molecule has 0 amide bonds. The maximum atomic E-state index is 13.8. The Morgan fingerprint density at radius 3 is 1.96 bits per heavy atom. The minimum atomic E-state index is -4.05. The summed E-state index contributed by atoms with van der Waals surface area (Å²) in [5.41, 5.74) is -0.693. The Morgan fingerprint density at radius 2 is 1.48 bits per heavy atom. The topological polar surface area (TPSA) is 18.5 Å². The highest BCUT2D eigenvalue weighted by atomic mass is 19.3. The fourth-order valence-electron chi connectivity index (χ4n) is 2.96. The van der Waals surface area contributed by atoms with E-state index >= 15 is 0 Å². The van der Waals surface area contributed by atoms with Gasteiger partial charge in [-0.2, -0.15) is 17.6 Å². The third-order valence-electron chi connectivity index (χ3n) is 5.26. The van der Waals surface area contributed by atoms with Crippen LogP contribution in [0.15, 0.2) is 24.3 Å². The number of benzene rings is 1. The van der Waals surface area contributed by atoms with E-state index in [0.717, 1.165) is 0 Å². The Kier molecular flexibility index (Phi) is 3.45. The largest absolute Gasteiger partial charge is 0.495 e. The van der Waals surface area contributed by atoms with Crippen molar-refractivity contribution < 1.29 is 26.9 Å². The number of hydrogen-bond acceptors (Lipinski definition) is 2. The zero-order valence-electron chi connectivity index (χ0n) is 13.5. The summed E-state index contributed by atoms with van der Waals surface area (Å²) in [6.07, 6.45) is -0.865. The van der Waals surface area contributed by atoms with E-state index in [1.807, 2.05) is 27.7 Å². The zero-order valence-corrected chi connectivity index (χ0v) is 13.5. The van der Waals surface area contributed by atoms with Crippen LogP contribution in [0.4, 0.5) is 17.6 Å². The van der Waals surface area contributed by atoms with Crippen molar-refractivity contribution in [2.75, 3.05) is 0 Å². The van der Waals surface area contributed by atoms with Crippen molar-refractivity contribution in [3.05, 3.63) is 29.8 Å². The van der Waals surface area contributed by atoms with Crippen molar-refractivity contribution in [1.29, 1.82) is 0 Å². The van der Waals surface area contributed by atoms with Gasteiger partial charge in [0.15, 0.2) is 0 Å². The lowest BCUT2D eigenvalue weighted by Crippen LogP contribution is -2.58. The normalized spacial score (nSPS) is 30.1. The Hall–Kier alpha value is -1.08. The average molecular weight is 330 g/mol. The molecule has 2 fully saturated rings. The molecule has 0 N–H and O–H groups in total. The first-order chi connectivity index (χ1) is 10.4. The van der Waals surface area contributed by atoms with Crippen molar-refractivity contribution in [1.82, 2.24) is 0 Å². The molecule has 1 heterocycles. The van der Waals surface area contributed by atoms with E-state index in [0.29, 0.717) is 5.46 Å². The van der Waals surface area contributed by atoms with E-state index in [2.05, 4.69) is 0 Å². The predicted octanol–water partition coefficient (Wildman–Crippen LogP) is 3.74. The molecule has 0 bridgehead atoms. The van der Waals surface area contributed by atoms with Gasteiger partial charge in [0.2, 0.25) is 0 Å². The van der Waals surface area contributed by atoms with Gasteiger partial charge in [0, 0.05) is 6.42 Å². The van der Waals surface area contributed by atoms with Gasteiger partial charge in [-0.25, -0.2) is 0 Å². The van der Waals surface area contributed by atoms with Gasteiger partial charge < -0.3 is 9.31 Å². The molecule has 1 atom stereocenters. The van der Waals surface area contributed by atoms with E-state index < -0.39 is 42.5 Å². The van der Waals surface area contributed by atoms with Gasteiger partial charge in [0.1, 0.15) is 0 Å². The van der Waals surface area contributed by atoms with Gasteiger partial charge in [-0.15, -0.1) is 0 Å². The summed E-state index contributed by atoms with van der Waals surface area (Å²) in [6.45, 7) is 7.40. The highest BCUT2D eigenvalue weighted by Gasteiger charge is 2.72. The molecule has 1 aliphatic heterocycles. The van der Waals surface area contributed by atoms with Crippen LogP contribution >= 0.6 is 0 Å². The summed E-state index contributed by atoms with van der Waals surface area (Å²) in [7, 11) is -0.846. The van der Waals surface area contributed by atoms with Crippen LogP contribution in [0.2, 0.25) is 0 Å². The Morgan fingerprint density at radius 1 is 0.957 bits per heavy atom. The van der Waals surface area contributed by atoms with Crippen LogP contribution in [-0.4, -0.2) is 30.2 Å². The average Bonchev–Trinajstić information content (AvgIpc) is 2.65. The van der Waals surface area contributed by atoms with Crippen LogP contribution in [0, 0.1) is 0 Å². The molecule has 0 aromatic heterocycles. The lowest BCUT2D eigenvalue weighted by molar-refractivity contribution is -0.290. The maximum Gasteiger partial charge on any atom is 0.495 e. The van der Waals surface area contributed by atoms with Gasteiger partial charge in [0.25, 0.3) is 0 Å². The molecule has 23 heavy (non-hydrogen) atoms. The standard InChI is InChI=1S/C16H19BF4O2/c1-13(2)14(3,4)23-17(22-13)12-8-6-5-7-10(12)11-9-15(18,19)16(11,20)21/h5-8,11H,9H2,1-4H3. The van der Waals surface area contributed by atoms with Gasteiger partial charge in [0.05, 0.1) is 17.1 Å². The van der Waals surface area contributed by atoms with Crippen LogP contribution < -0.4 is 5.46 Å². The minimum absolute atomic E-state index is 0.168. The second-order valence-electron chi connectivity index (χ2n) is 7.30. The van der Waals surface area contributed by atoms with E-state index in [1.54, 1.807) is 18.2 Å². The fourth-order valence-corrected chi connectivity index (χ4v) is 2.96. The fraction of sp³-hybridized carbons (Fsp3) is 0.625. The quantitative estimate of drug-likeness (QED) is 0.607. The molecule has 0 radical (unpaired) electrons. The summed E-state index contributed by atoms with van der Waals surface area (Å²) < 4.78 is 65.7. The zero-order chi connectivity index (χ0) is 17.3. The van der Waals surface area contributed by atoms with E-state index in [1.165, 1.54) is 6.07 Å². The Labute approximate surface area is 133 Å². The van der Waals surface area contributed by atoms with E-state index in [-0.39, 0.29) is 5.56 Å². The van der Waals surface area contributed by atoms with Crippen molar-refractivity contribution in [3.63, 3.8) is 0 Å². The lowest BCUT2D eigenvalue weighted by Gasteiger charge is -2.44. The molecule has 7 heteroatoms. The second kappa shape index (κ2) is 4.73. The van der Waals surface area contributed by atoms with Crippen molar-refractivity contribution >= 4 is 12.6 Å². The molecule has 2 aliphatic rings. The molecular formula is C16H19BF4O2. The molecule has 3 rings (SSSR count). The highest BCUT2D eigenvalue weighted by molar-refractivity contribution is 6.62. The smallest absolute Gasteiger partial charge is 0.399 e.